The molecule has 1 aliphatic carbocycles. The molecule has 1 fully saturated rings. The van der Waals surface area contributed by atoms with Crippen molar-refractivity contribution < 1.29 is 4.79 Å². The van der Waals surface area contributed by atoms with Crippen LogP contribution in [0.2, 0.25) is 0 Å². The fourth-order valence-electron chi connectivity index (χ4n) is 2.96. The van der Waals surface area contributed by atoms with E-state index < -0.39 is 0 Å². The normalized spacial score (nSPS) is 15.5. The summed E-state index contributed by atoms with van der Waals surface area (Å²) in [5, 5.41) is 6.31. The van der Waals surface area contributed by atoms with Crippen molar-refractivity contribution in [1.82, 2.24) is 20.3 Å². The lowest BCUT2D eigenvalue weighted by atomic mass is 10.1. The lowest BCUT2D eigenvalue weighted by Crippen LogP contribution is -2.34. The van der Waals surface area contributed by atoms with Crippen LogP contribution in [0.5, 0.6) is 0 Å². The van der Waals surface area contributed by atoms with Crippen molar-refractivity contribution in [1.29, 1.82) is 0 Å². The van der Waals surface area contributed by atoms with Crippen LogP contribution >= 0.6 is 0 Å². The number of nitrogens with zero attached hydrogens (tertiary/aromatic N) is 3. The second-order valence-electron chi connectivity index (χ2n) is 6.17. The molecule has 0 atom stereocenters. The second-order valence-corrected chi connectivity index (χ2v) is 6.17. The quantitative estimate of drug-likeness (QED) is 0.826. The third-order valence-corrected chi connectivity index (χ3v) is 4.29. The highest BCUT2D eigenvalue weighted by molar-refractivity contribution is 5.93. The van der Waals surface area contributed by atoms with Crippen molar-refractivity contribution in [3.05, 3.63) is 48.2 Å². The monoisotopic (exact) mass is 325 g/mol. The highest BCUT2D eigenvalue weighted by Crippen LogP contribution is 2.17. The van der Waals surface area contributed by atoms with Gasteiger partial charge in [0.15, 0.2) is 0 Å². The predicted molar refractivity (Wildman–Crippen MR) is 92.6 cm³/mol. The van der Waals surface area contributed by atoms with E-state index in [0.717, 1.165) is 18.4 Å². The molecular weight excluding hydrogens is 302 g/mol. The molecule has 0 aromatic carbocycles. The number of nitrogens with one attached hydrogen (secondary N) is 2. The molecule has 1 saturated carbocycles. The Morgan fingerprint density at radius 2 is 2.00 bits per heavy atom. The molecule has 0 unspecified atom stereocenters. The molecule has 2 aromatic rings. The summed E-state index contributed by atoms with van der Waals surface area (Å²) in [6.07, 6.45) is 12.0. The molecule has 2 N–H and O–H groups in total. The number of rotatable bonds is 5. The minimum atomic E-state index is -0.117. The molecule has 3 rings (SSSR count). The number of carbonyl (C=O) groups is 1. The lowest BCUT2D eigenvalue weighted by Gasteiger charge is -2.16. The van der Waals surface area contributed by atoms with Crippen LogP contribution in [0.15, 0.2) is 36.9 Å². The molecule has 0 radical (unpaired) electrons. The van der Waals surface area contributed by atoms with E-state index in [-0.39, 0.29) is 11.9 Å². The third-order valence-electron chi connectivity index (χ3n) is 4.29. The van der Waals surface area contributed by atoms with Gasteiger partial charge in [0.25, 0.3) is 5.91 Å². The first-order chi connectivity index (χ1) is 11.8. The van der Waals surface area contributed by atoms with Gasteiger partial charge in [-0.3, -0.25) is 9.78 Å². The number of aromatic nitrogens is 3. The summed E-state index contributed by atoms with van der Waals surface area (Å²) < 4.78 is 0. The number of carbonyl (C=O) groups excluding carboxylic acids is 1. The highest BCUT2D eigenvalue weighted by atomic mass is 16.1. The predicted octanol–water partition coefficient (Wildman–Crippen LogP) is 2.94. The standard InChI is InChI=1S/C18H23N5O/c24-18(23-15-7-3-1-2-4-8-15)16-10-17(22-13-21-16)20-12-14-6-5-9-19-11-14/h5-6,9-11,13,15H,1-4,7-8,12H2,(H,23,24)(H,20,21,22). The summed E-state index contributed by atoms with van der Waals surface area (Å²) >= 11 is 0. The lowest BCUT2D eigenvalue weighted by molar-refractivity contribution is 0.0928. The Morgan fingerprint density at radius 1 is 1.17 bits per heavy atom. The summed E-state index contributed by atoms with van der Waals surface area (Å²) in [7, 11) is 0. The highest BCUT2D eigenvalue weighted by Gasteiger charge is 2.16. The van der Waals surface area contributed by atoms with E-state index in [1.807, 2.05) is 12.1 Å². The topological polar surface area (TPSA) is 79.8 Å². The van der Waals surface area contributed by atoms with Crippen LogP contribution in [0.3, 0.4) is 0 Å². The van der Waals surface area contributed by atoms with E-state index in [2.05, 4.69) is 25.6 Å². The Kier molecular flexibility index (Phi) is 5.71. The van der Waals surface area contributed by atoms with Crippen LogP contribution in [0.4, 0.5) is 5.82 Å². The molecule has 2 aromatic heterocycles. The molecule has 6 heteroatoms. The molecule has 2 heterocycles. The van der Waals surface area contributed by atoms with E-state index in [4.69, 9.17) is 0 Å². The van der Waals surface area contributed by atoms with Gasteiger partial charge in [0, 0.05) is 31.0 Å². The molecule has 0 saturated heterocycles. The minimum Gasteiger partial charge on any atom is -0.366 e. The van der Waals surface area contributed by atoms with Crippen molar-refractivity contribution in [2.24, 2.45) is 0 Å². The van der Waals surface area contributed by atoms with Crippen molar-refractivity contribution in [2.45, 2.75) is 51.1 Å². The van der Waals surface area contributed by atoms with E-state index in [0.29, 0.717) is 18.1 Å². The molecule has 24 heavy (non-hydrogen) atoms. The Balaban J connectivity index is 1.58. The average Bonchev–Trinajstić information content (AvgIpc) is 2.90. The number of amides is 1. The number of hydrogen-bond acceptors (Lipinski definition) is 5. The molecule has 126 valence electrons. The van der Waals surface area contributed by atoms with Gasteiger partial charge in [-0.25, -0.2) is 9.97 Å². The van der Waals surface area contributed by atoms with Crippen LogP contribution in [0.25, 0.3) is 0 Å². The van der Waals surface area contributed by atoms with Crippen molar-refractivity contribution in [3.63, 3.8) is 0 Å². The zero-order valence-corrected chi connectivity index (χ0v) is 13.7. The van der Waals surface area contributed by atoms with Crippen LogP contribution in [-0.4, -0.2) is 26.9 Å². The molecular formula is C18H23N5O. The Morgan fingerprint density at radius 3 is 2.75 bits per heavy atom. The van der Waals surface area contributed by atoms with Crippen molar-refractivity contribution in [3.8, 4) is 0 Å². The van der Waals surface area contributed by atoms with E-state index in [1.54, 1.807) is 18.5 Å². The van der Waals surface area contributed by atoms with Crippen LogP contribution in [0, 0.1) is 0 Å². The van der Waals surface area contributed by atoms with Crippen LogP contribution in [0.1, 0.15) is 54.6 Å². The molecule has 0 aliphatic heterocycles. The van der Waals surface area contributed by atoms with Gasteiger partial charge < -0.3 is 10.6 Å². The molecule has 1 amide bonds. The third kappa shape index (κ3) is 4.75. The average molecular weight is 325 g/mol. The van der Waals surface area contributed by atoms with Crippen LogP contribution < -0.4 is 10.6 Å². The minimum absolute atomic E-state index is 0.117. The van der Waals surface area contributed by atoms with Gasteiger partial charge in [-0.05, 0) is 24.5 Å². The smallest absolute Gasteiger partial charge is 0.270 e. The molecule has 6 nitrogen and oxygen atoms in total. The Labute approximate surface area is 142 Å². The Bertz CT molecular complexity index is 653. The SMILES string of the molecule is O=C(NC1CCCCCC1)c1cc(NCc2cccnc2)ncn1. The van der Waals surface area contributed by atoms with Gasteiger partial charge >= 0.3 is 0 Å². The number of anilines is 1. The number of hydrogen-bond donors (Lipinski definition) is 2. The van der Waals surface area contributed by atoms with Crippen molar-refractivity contribution >= 4 is 11.7 Å². The first-order valence-corrected chi connectivity index (χ1v) is 8.57. The fourth-order valence-corrected chi connectivity index (χ4v) is 2.96. The van der Waals surface area contributed by atoms with E-state index in [1.165, 1.54) is 32.0 Å². The van der Waals surface area contributed by atoms with Crippen molar-refractivity contribution in [2.75, 3.05) is 5.32 Å². The maximum Gasteiger partial charge on any atom is 0.270 e. The fraction of sp³-hybridized carbons (Fsp3) is 0.444. The van der Waals surface area contributed by atoms with Gasteiger partial charge in [0.2, 0.25) is 0 Å². The summed E-state index contributed by atoms with van der Waals surface area (Å²) in [5.74, 6) is 0.522. The van der Waals surface area contributed by atoms with Gasteiger partial charge in [0.05, 0.1) is 0 Å². The van der Waals surface area contributed by atoms with Gasteiger partial charge in [-0.2, -0.15) is 0 Å². The first kappa shape index (κ1) is 16.4. The van der Waals surface area contributed by atoms with Gasteiger partial charge in [-0.1, -0.05) is 31.7 Å². The largest absolute Gasteiger partial charge is 0.366 e. The maximum atomic E-state index is 12.4. The second kappa shape index (κ2) is 8.38. The Hall–Kier alpha value is -2.50. The summed E-state index contributed by atoms with van der Waals surface area (Å²) in [5.41, 5.74) is 1.46. The summed E-state index contributed by atoms with van der Waals surface area (Å²) in [6.45, 7) is 0.606. The van der Waals surface area contributed by atoms with E-state index in [9.17, 15) is 4.79 Å². The first-order valence-electron chi connectivity index (χ1n) is 8.57. The van der Waals surface area contributed by atoms with E-state index >= 15 is 0 Å². The summed E-state index contributed by atoms with van der Waals surface area (Å²) in [4.78, 5) is 24.8. The van der Waals surface area contributed by atoms with Gasteiger partial charge in [-0.15, -0.1) is 0 Å². The van der Waals surface area contributed by atoms with Crippen LogP contribution in [-0.2, 0) is 6.54 Å². The maximum absolute atomic E-state index is 12.4. The zero-order valence-electron chi connectivity index (χ0n) is 13.7. The molecule has 0 bridgehead atoms. The molecule has 0 spiro atoms. The number of pyridine rings is 1. The summed E-state index contributed by atoms with van der Waals surface area (Å²) in [6, 6.07) is 5.84. The molecule has 1 aliphatic rings. The zero-order chi connectivity index (χ0) is 16.6. The van der Waals surface area contributed by atoms with Gasteiger partial charge in [0.1, 0.15) is 17.8 Å².